The van der Waals surface area contributed by atoms with Crippen molar-refractivity contribution in [2.75, 3.05) is 14.1 Å². The van der Waals surface area contributed by atoms with Gasteiger partial charge < -0.3 is 4.90 Å². The van der Waals surface area contributed by atoms with Crippen molar-refractivity contribution in [1.82, 2.24) is 19.9 Å². The van der Waals surface area contributed by atoms with E-state index in [4.69, 9.17) is 0 Å². The van der Waals surface area contributed by atoms with Gasteiger partial charge in [-0.2, -0.15) is 0 Å². The highest BCUT2D eigenvalue weighted by Crippen LogP contribution is 1.90. The summed E-state index contributed by atoms with van der Waals surface area (Å²) < 4.78 is 1.33. The van der Waals surface area contributed by atoms with Crippen LogP contribution >= 0.6 is 0 Å². The quantitative estimate of drug-likeness (QED) is 0.573. The molecule has 0 saturated heterocycles. The summed E-state index contributed by atoms with van der Waals surface area (Å²) in [5, 5.41) is 7.12. The van der Waals surface area contributed by atoms with Crippen LogP contribution in [-0.2, 0) is 11.3 Å². The van der Waals surface area contributed by atoms with E-state index in [1.54, 1.807) is 14.1 Å². The number of aromatic nitrogens is 3. The van der Waals surface area contributed by atoms with Crippen LogP contribution in [0.5, 0.6) is 0 Å². The molecule has 1 rings (SSSR count). The minimum atomic E-state index is -0.0950. The van der Waals surface area contributed by atoms with Crippen LogP contribution in [0.3, 0.4) is 0 Å². The summed E-state index contributed by atoms with van der Waals surface area (Å²) in [5.74, 6) is -0.0950. The smallest absolute Gasteiger partial charge is 0.243 e. The van der Waals surface area contributed by atoms with Crippen LogP contribution in [0.1, 0.15) is 10.5 Å². The van der Waals surface area contributed by atoms with Gasteiger partial charge >= 0.3 is 0 Å². The van der Waals surface area contributed by atoms with Crippen LogP contribution in [0.25, 0.3) is 0 Å². The molecular formula is C7H10N4O2. The topological polar surface area (TPSA) is 68.1 Å². The second kappa shape index (κ2) is 3.79. The lowest BCUT2D eigenvalue weighted by atomic mass is 10.5. The molecule has 0 aliphatic rings. The summed E-state index contributed by atoms with van der Waals surface area (Å²) in [6, 6.07) is 0. The number of nitrogens with zero attached hydrogens (tertiary/aromatic N) is 4. The Morgan fingerprint density at radius 1 is 1.69 bits per heavy atom. The Hall–Kier alpha value is -1.72. The first-order valence-electron chi connectivity index (χ1n) is 3.69. The van der Waals surface area contributed by atoms with Crippen LogP contribution < -0.4 is 0 Å². The molecule has 1 aromatic rings. The molecule has 0 atom stereocenters. The molecule has 13 heavy (non-hydrogen) atoms. The molecule has 0 spiro atoms. The van der Waals surface area contributed by atoms with Crippen molar-refractivity contribution in [2.24, 2.45) is 0 Å². The van der Waals surface area contributed by atoms with Gasteiger partial charge in [-0.05, 0) is 0 Å². The standard InChI is InChI=1S/C7H10N4O2/c1-10(2)7(13)4-11-3-6(5-12)8-9-11/h3,5H,4H2,1-2H3. The zero-order valence-corrected chi connectivity index (χ0v) is 7.47. The second-order valence-corrected chi connectivity index (χ2v) is 2.75. The molecule has 0 aromatic carbocycles. The lowest BCUT2D eigenvalue weighted by Gasteiger charge is -2.08. The third-order valence-corrected chi connectivity index (χ3v) is 1.47. The number of hydrogen-bond donors (Lipinski definition) is 0. The molecule has 1 amide bonds. The average molecular weight is 182 g/mol. The molecule has 6 nitrogen and oxygen atoms in total. The Morgan fingerprint density at radius 2 is 2.38 bits per heavy atom. The van der Waals surface area contributed by atoms with Crippen LogP contribution in [0, 0.1) is 0 Å². The molecule has 0 bridgehead atoms. The van der Waals surface area contributed by atoms with Crippen LogP contribution in [0.4, 0.5) is 0 Å². The number of aldehydes is 1. The van der Waals surface area contributed by atoms with Crippen molar-refractivity contribution in [2.45, 2.75) is 6.54 Å². The van der Waals surface area contributed by atoms with Crippen molar-refractivity contribution < 1.29 is 9.59 Å². The molecule has 0 saturated carbocycles. The first kappa shape index (κ1) is 9.37. The Bertz CT molecular complexity index is 318. The van der Waals surface area contributed by atoms with E-state index in [2.05, 4.69) is 10.3 Å². The van der Waals surface area contributed by atoms with E-state index in [9.17, 15) is 9.59 Å². The highest BCUT2D eigenvalue weighted by atomic mass is 16.2. The van der Waals surface area contributed by atoms with E-state index in [0.29, 0.717) is 6.29 Å². The Labute approximate surface area is 75.1 Å². The number of rotatable bonds is 3. The predicted molar refractivity (Wildman–Crippen MR) is 44.1 cm³/mol. The van der Waals surface area contributed by atoms with Gasteiger partial charge in [-0.3, -0.25) is 9.59 Å². The molecule has 0 fully saturated rings. The van der Waals surface area contributed by atoms with Gasteiger partial charge in [0.2, 0.25) is 5.91 Å². The molecule has 0 aliphatic heterocycles. The van der Waals surface area contributed by atoms with E-state index in [1.807, 2.05) is 0 Å². The van der Waals surface area contributed by atoms with Gasteiger partial charge in [0.05, 0.1) is 6.20 Å². The van der Waals surface area contributed by atoms with E-state index in [-0.39, 0.29) is 18.1 Å². The summed E-state index contributed by atoms with van der Waals surface area (Å²) in [6.45, 7) is 0.105. The number of amides is 1. The van der Waals surface area contributed by atoms with Gasteiger partial charge in [0.15, 0.2) is 6.29 Å². The predicted octanol–water partition coefficient (Wildman–Crippen LogP) is -0.821. The Kier molecular flexibility index (Phi) is 2.73. The lowest BCUT2D eigenvalue weighted by Crippen LogP contribution is -2.26. The first-order chi connectivity index (χ1) is 6.13. The molecule has 6 heteroatoms. The van der Waals surface area contributed by atoms with E-state index < -0.39 is 0 Å². The summed E-state index contributed by atoms with van der Waals surface area (Å²) in [6.07, 6.45) is 2.01. The average Bonchev–Trinajstić information content (AvgIpc) is 2.52. The van der Waals surface area contributed by atoms with Gasteiger partial charge in [0.25, 0.3) is 0 Å². The van der Waals surface area contributed by atoms with Crippen molar-refractivity contribution in [3.8, 4) is 0 Å². The summed E-state index contributed by atoms with van der Waals surface area (Å²) in [4.78, 5) is 22.8. The fourth-order valence-electron chi connectivity index (χ4n) is 0.725. The lowest BCUT2D eigenvalue weighted by molar-refractivity contribution is -0.129. The van der Waals surface area contributed by atoms with Crippen LogP contribution in [-0.4, -0.2) is 46.2 Å². The number of carbonyl (C=O) groups is 2. The van der Waals surface area contributed by atoms with Crippen LogP contribution in [0.15, 0.2) is 6.20 Å². The number of likely N-dealkylation sites (N-methyl/N-ethyl adjacent to an activating group) is 1. The van der Waals surface area contributed by atoms with Gasteiger partial charge in [-0.15, -0.1) is 5.10 Å². The van der Waals surface area contributed by atoms with E-state index in [1.165, 1.54) is 15.8 Å². The van der Waals surface area contributed by atoms with Crippen molar-refractivity contribution in [3.63, 3.8) is 0 Å². The molecule has 70 valence electrons. The van der Waals surface area contributed by atoms with Gasteiger partial charge in [0.1, 0.15) is 12.2 Å². The molecule has 0 unspecified atom stereocenters. The minimum Gasteiger partial charge on any atom is -0.347 e. The first-order valence-corrected chi connectivity index (χ1v) is 3.69. The summed E-state index contributed by atoms with van der Waals surface area (Å²) >= 11 is 0. The monoisotopic (exact) mass is 182 g/mol. The highest BCUT2D eigenvalue weighted by Gasteiger charge is 2.06. The molecule has 0 aliphatic carbocycles. The second-order valence-electron chi connectivity index (χ2n) is 2.75. The molecular weight excluding hydrogens is 172 g/mol. The van der Waals surface area contributed by atoms with Gasteiger partial charge in [0, 0.05) is 14.1 Å². The maximum absolute atomic E-state index is 11.2. The number of carbonyl (C=O) groups excluding carboxylic acids is 2. The normalized spacial score (nSPS) is 9.69. The van der Waals surface area contributed by atoms with Crippen LogP contribution in [0.2, 0.25) is 0 Å². The van der Waals surface area contributed by atoms with Gasteiger partial charge in [-0.1, -0.05) is 5.21 Å². The minimum absolute atomic E-state index is 0.0950. The van der Waals surface area contributed by atoms with Crippen molar-refractivity contribution in [1.29, 1.82) is 0 Å². The SMILES string of the molecule is CN(C)C(=O)Cn1cc(C=O)nn1. The molecule has 1 heterocycles. The fraction of sp³-hybridized carbons (Fsp3) is 0.429. The zero-order valence-electron chi connectivity index (χ0n) is 7.47. The largest absolute Gasteiger partial charge is 0.347 e. The van der Waals surface area contributed by atoms with Gasteiger partial charge in [-0.25, -0.2) is 4.68 Å². The molecule has 1 aromatic heterocycles. The Balaban J connectivity index is 2.64. The van der Waals surface area contributed by atoms with Crippen molar-refractivity contribution in [3.05, 3.63) is 11.9 Å². The molecule has 0 N–H and O–H groups in total. The highest BCUT2D eigenvalue weighted by molar-refractivity contribution is 5.75. The van der Waals surface area contributed by atoms with E-state index in [0.717, 1.165) is 0 Å². The third kappa shape index (κ3) is 2.36. The maximum Gasteiger partial charge on any atom is 0.243 e. The maximum atomic E-state index is 11.2. The number of hydrogen-bond acceptors (Lipinski definition) is 4. The van der Waals surface area contributed by atoms with Crippen molar-refractivity contribution >= 4 is 12.2 Å². The summed E-state index contributed by atoms with van der Waals surface area (Å²) in [5.41, 5.74) is 0.228. The fourth-order valence-corrected chi connectivity index (χ4v) is 0.725. The van der Waals surface area contributed by atoms with E-state index >= 15 is 0 Å². The Morgan fingerprint density at radius 3 is 2.85 bits per heavy atom. The zero-order chi connectivity index (χ0) is 9.84. The summed E-state index contributed by atoms with van der Waals surface area (Å²) in [7, 11) is 3.31. The molecule has 0 radical (unpaired) electrons. The third-order valence-electron chi connectivity index (χ3n) is 1.47.